The molecular weight excluding hydrogens is 176 g/mol. The van der Waals surface area contributed by atoms with Gasteiger partial charge in [0.25, 0.3) is 0 Å². The minimum atomic E-state index is 0.237. The summed E-state index contributed by atoms with van der Waals surface area (Å²) >= 11 is 0. The van der Waals surface area contributed by atoms with Crippen molar-refractivity contribution in [3.63, 3.8) is 0 Å². The van der Waals surface area contributed by atoms with Crippen LogP contribution in [0.15, 0.2) is 0 Å². The van der Waals surface area contributed by atoms with E-state index in [0.29, 0.717) is 5.41 Å². The highest BCUT2D eigenvalue weighted by Gasteiger charge is 2.46. The van der Waals surface area contributed by atoms with Gasteiger partial charge < -0.3 is 9.80 Å². The highest BCUT2D eigenvalue weighted by molar-refractivity contribution is 5.73. The molecule has 2 aliphatic heterocycles. The second-order valence-electron chi connectivity index (χ2n) is 4.36. The zero-order valence-corrected chi connectivity index (χ0v) is 9.84. The summed E-state index contributed by atoms with van der Waals surface area (Å²) < 4.78 is 0. The number of rotatable bonds is 0. The van der Waals surface area contributed by atoms with Crippen molar-refractivity contribution < 1.29 is 4.79 Å². The van der Waals surface area contributed by atoms with Gasteiger partial charge in [-0.15, -0.1) is 0 Å². The van der Waals surface area contributed by atoms with E-state index in [0.717, 1.165) is 13.1 Å². The highest BCUT2D eigenvalue weighted by atomic mass is 16.2. The van der Waals surface area contributed by atoms with E-state index in [4.69, 9.17) is 0 Å². The van der Waals surface area contributed by atoms with Crippen molar-refractivity contribution in [2.45, 2.75) is 27.2 Å². The molecule has 2 aliphatic rings. The van der Waals surface area contributed by atoms with Gasteiger partial charge in [-0.25, -0.2) is 0 Å². The van der Waals surface area contributed by atoms with Crippen molar-refractivity contribution in [1.82, 2.24) is 9.80 Å². The number of carbonyl (C=O) groups is 1. The van der Waals surface area contributed by atoms with E-state index in [2.05, 4.69) is 11.9 Å². The first-order chi connectivity index (χ1) is 6.61. The molecule has 0 N–H and O–H groups in total. The molecule has 0 aromatic heterocycles. The van der Waals surface area contributed by atoms with Gasteiger partial charge in [-0.05, 0) is 13.5 Å². The summed E-state index contributed by atoms with van der Waals surface area (Å²) in [6.45, 7) is 9.99. The molecule has 3 nitrogen and oxygen atoms in total. The molecule has 2 fully saturated rings. The van der Waals surface area contributed by atoms with Gasteiger partial charge in [0.15, 0.2) is 0 Å². The number of amides is 1. The van der Waals surface area contributed by atoms with E-state index in [-0.39, 0.29) is 5.91 Å². The van der Waals surface area contributed by atoms with Crippen LogP contribution in [-0.2, 0) is 4.79 Å². The molecule has 0 radical (unpaired) electrons. The van der Waals surface area contributed by atoms with Crippen LogP contribution in [0.5, 0.6) is 0 Å². The monoisotopic (exact) mass is 198 g/mol. The molecular formula is C11H22N2O. The van der Waals surface area contributed by atoms with Crippen LogP contribution in [0.2, 0.25) is 0 Å². The van der Waals surface area contributed by atoms with Gasteiger partial charge in [0.05, 0.1) is 0 Å². The third-order valence-electron chi connectivity index (χ3n) is 3.09. The van der Waals surface area contributed by atoms with E-state index in [1.807, 2.05) is 18.7 Å². The fraction of sp³-hybridized carbons (Fsp3) is 0.909. The van der Waals surface area contributed by atoms with Crippen molar-refractivity contribution >= 4 is 5.91 Å². The summed E-state index contributed by atoms with van der Waals surface area (Å²) in [5, 5.41) is 0. The molecule has 3 heteroatoms. The molecule has 82 valence electrons. The lowest BCUT2D eigenvalue weighted by Crippen LogP contribution is -2.55. The first-order valence-corrected chi connectivity index (χ1v) is 5.55. The topological polar surface area (TPSA) is 23.6 Å². The maximum Gasteiger partial charge on any atom is 0.219 e. The Kier molecular flexibility index (Phi) is 3.53. The number of hydrogen-bond donors (Lipinski definition) is 0. The molecule has 0 aromatic rings. The third kappa shape index (κ3) is 2.08. The minimum Gasteiger partial charge on any atom is -0.342 e. The van der Waals surface area contributed by atoms with E-state index in [9.17, 15) is 4.79 Å². The minimum absolute atomic E-state index is 0.237. The van der Waals surface area contributed by atoms with Crippen molar-refractivity contribution in [1.29, 1.82) is 0 Å². The summed E-state index contributed by atoms with van der Waals surface area (Å²) in [5.74, 6) is 0.237. The van der Waals surface area contributed by atoms with Crippen LogP contribution in [0.1, 0.15) is 27.2 Å². The number of hydrogen-bond acceptors (Lipinski definition) is 2. The molecule has 0 atom stereocenters. The molecule has 1 amide bonds. The zero-order chi connectivity index (χ0) is 10.8. The zero-order valence-electron chi connectivity index (χ0n) is 9.84. The quantitative estimate of drug-likeness (QED) is 0.584. The first kappa shape index (κ1) is 11.5. The maximum atomic E-state index is 11.1. The molecule has 2 heterocycles. The van der Waals surface area contributed by atoms with Crippen molar-refractivity contribution in [3.8, 4) is 0 Å². The highest BCUT2D eigenvalue weighted by Crippen LogP contribution is 2.38. The molecule has 0 aliphatic carbocycles. The van der Waals surface area contributed by atoms with Gasteiger partial charge in [-0.3, -0.25) is 4.79 Å². The average Bonchev–Trinajstić information content (AvgIpc) is 2.52. The van der Waals surface area contributed by atoms with Crippen LogP contribution in [0.4, 0.5) is 0 Å². The Bertz CT molecular complexity index is 209. The molecule has 2 saturated heterocycles. The van der Waals surface area contributed by atoms with Crippen LogP contribution in [0.3, 0.4) is 0 Å². The number of nitrogens with zero attached hydrogens (tertiary/aromatic N) is 2. The summed E-state index contributed by atoms with van der Waals surface area (Å²) in [4.78, 5) is 15.4. The summed E-state index contributed by atoms with van der Waals surface area (Å²) in [6.07, 6.45) is 1.21. The lowest BCUT2D eigenvalue weighted by Gasteiger charge is -2.46. The fourth-order valence-electron chi connectivity index (χ4n) is 2.56. The molecule has 1 spiro atoms. The second kappa shape index (κ2) is 4.30. The predicted octanol–water partition coefficient (Wildman–Crippen LogP) is 1.20. The Morgan fingerprint density at radius 2 is 1.79 bits per heavy atom. The molecule has 0 bridgehead atoms. The van der Waals surface area contributed by atoms with Gasteiger partial charge in [0, 0.05) is 38.5 Å². The molecule has 14 heavy (non-hydrogen) atoms. The molecule has 0 aromatic carbocycles. The summed E-state index contributed by atoms with van der Waals surface area (Å²) in [7, 11) is 2.14. The van der Waals surface area contributed by atoms with E-state index in [1.54, 1.807) is 6.92 Å². The van der Waals surface area contributed by atoms with Crippen LogP contribution in [-0.4, -0.2) is 48.9 Å². The molecule has 0 saturated carbocycles. The van der Waals surface area contributed by atoms with Crippen LogP contribution in [0.25, 0.3) is 0 Å². The number of likely N-dealkylation sites (tertiary alicyclic amines) is 2. The standard InChI is InChI=1S/C9H16N2O.C2H6/c1-8(12)11-4-3-9(7-11)5-10(2)6-9;1-2/h3-7H2,1-2H3;1-2H3. The smallest absolute Gasteiger partial charge is 0.219 e. The Morgan fingerprint density at radius 1 is 1.21 bits per heavy atom. The Hall–Kier alpha value is -0.570. The maximum absolute atomic E-state index is 11.1. The largest absolute Gasteiger partial charge is 0.342 e. The van der Waals surface area contributed by atoms with Gasteiger partial charge in [0.1, 0.15) is 0 Å². The van der Waals surface area contributed by atoms with Crippen molar-refractivity contribution in [2.75, 3.05) is 33.2 Å². The Balaban J connectivity index is 0.000000461. The number of carbonyl (C=O) groups excluding carboxylic acids is 1. The summed E-state index contributed by atoms with van der Waals surface area (Å²) in [5.41, 5.74) is 0.473. The lowest BCUT2D eigenvalue weighted by molar-refractivity contribution is -0.128. The van der Waals surface area contributed by atoms with E-state index in [1.165, 1.54) is 19.5 Å². The van der Waals surface area contributed by atoms with E-state index < -0.39 is 0 Å². The molecule has 0 unspecified atom stereocenters. The predicted molar refractivity (Wildman–Crippen MR) is 58.1 cm³/mol. The fourth-order valence-corrected chi connectivity index (χ4v) is 2.56. The third-order valence-corrected chi connectivity index (χ3v) is 3.09. The Labute approximate surface area is 87.1 Å². The van der Waals surface area contributed by atoms with Crippen molar-refractivity contribution in [3.05, 3.63) is 0 Å². The SMILES string of the molecule is CC.CC(=O)N1CCC2(CN(C)C2)C1. The van der Waals surface area contributed by atoms with Gasteiger partial charge in [-0.1, -0.05) is 13.8 Å². The normalized spacial score (nSPS) is 24.1. The van der Waals surface area contributed by atoms with Gasteiger partial charge in [0.2, 0.25) is 5.91 Å². The average molecular weight is 198 g/mol. The van der Waals surface area contributed by atoms with Gasteiger partial charge in [-0.2, -0.15) is 0 Å². The molecule has 2 rings (SSSR count). The van der Waals surface area contributed by atoms with Crippen LogP contribution < -0.4 is 0 Å². The second-order valence-corrected chi connectivity index (χ2v) is 4.36. The Morgan fingerprint density at radius 3 is 2.14 bits per heavy atom. The van der Waals surface area contributed by atoms with Gasteiger partial charge >= 0.3 is 0 Å². The van der Waals surface area contributed by atoms with Crippen LogP contribution >= 0.6 is 0 Å². The van der Waals surface area contributed by atoms with Crippen molar-refractivity contribution in [2.24, 2.45) is 5.41 Å². The summed E-state index contributed by atoms with van der Waals surface area (Å²) in [6, 6.07) is 0. The van der Waals surface area contributed by atoms with E-state index >= 15 is 0 Å². The lowest BCUT2D eigenvalue weighted by atomic mass is 9.79. The first-order valence-electron chi connectivity index (χ1n) is 5.55. The van der Waals surface area contributed by atoms with Crippen LogP contribution in [0, 0.1) is 5.41 Å².